The van der Waals surface area contributed by atoms with Crippen LogP contribution in [0, 0.1) is 12.3 Å². The third-order valence-electron chi connectivity index (χ3n) is 6.75. The monoisotopic (exact) mass is 475 g/mol. The second kappa shape index (κ2) is 9.19. The molecule has 9 heteroatoms. The van der Waals surface area contributed by atoms with E-state index in [1.165, 1.54) is 24.3 Å². The van der Waals surface area contributed by atoms with Gasteiger partial charge in [-0.3, -0.25) is 9.69 Å². The maximum atomic E-state index is 13.3. The number of aryl methyl sites for hydroxylation is 1. The van der Waals surface area contributed by atoms with E-state index in [4.69, 9.17) is 0 Å². The van der Waals surface area contributed by atoms with Crippen molar-refractivity contribution in [1.29, 1.82) is 0 Å². The summed E-state index contributed by atoms with van der Waals surface area (Å²) < 4.78 is 41.1. The maximum Gasteiger partial charge on any atom is 0.573 e. The van der Waals surface area contributed by atoms with E-state index >= 15 is 0 Å². The molecule has 0 N–H and O–H groups in total. The summed E-state index contributed by atoms with van der Waals surface area (Å²) in [6.45, 7) is 5.94. The molecule has 2 fully saturated rings. The summed E-state index contributed by atoms with van der Waals surface area (Å²) in [4.78, 5) is 31.7. The molecule has 0 unspecified atom stereocenters. The molecule has 6 nitrogen and oxygen atoms in total. The van der Waals surface area contributed by atoms with Gasteiger partial charge in [-0.1, -0.05) is 12.1 Å². The van der Waals surface area contributed by atoms with Gasteiger partial charge >= 0.3 is 12.4 Å². The fraction of sp³-hybridized carbons (Fsp3) is 0.440. The number of halogens is 3. The van der Waals surface area contributed by atoms with Gasteiger partial charge in [-0.05, 0) is 75.1 Å². The molecule has 0 saturated carbocycles. The molecule has 2 aliphatic heterocycles. The Bertz CT molecular complexity index is 1050. The molecular formula is C25H28F3N3O3. The molecular weight excluding hydrogens is 447 g/mol. The fourth-order valence-corrected chi connectivity index (χ4v) is 4.88. The van der Waals surface area contributed by atoms with Crippen molar-refractivity contribution >= 4 is 23.3 Å². The molecule has 2 aromatic rings. The number of carbonyl (C=O) groups is 2. The summed E-state index contributed by atoms with van der Waals surface area (Å²) >= 11 is 0. The number of hydrogen-bond acceptors (Lipinski definition) is 3. The lowest BCUT2D eigenvalue weighted by molar-refractivity contribution is -0.274. The normalized spacial score (nSPS) is 17.9. The summed E-state index contributed by atoms with van der Waals surface area (Å²) in [7, 11) is 0. The van der Waals surface area contributed by atoms with Crippen molar-refractivity contribution in [2.75, 3.05) is 36.0 Å². The van der Waals surface area contributed by atoms with Crippen molar-refractivity contribution in [3.63, 3.8) is 0 Å². The lowest BCUT2D eigenvalue weighted by atomic mass is 9.77. The van der Waals surface area contributed by atoms with Crippen molar-refractivity contribution in [2.24, 2.45) is 5.41 Å². The Balaban J connectivity index is 1.40. The van der Waals surface area contributed by atoms with Crippen molar-refractivity contribution in [1.82, 2.24) is 4.90 Å². The van der Waals surface area contributed by atoms with E-state index in [-0.39, 0.29) is 17.7 Å². The Hall–Kier alpha value is -3.23. The zero-order valence-electron chi connectivity index (χ0n) is 19.3. The molecule has 0 radical (unpaired) electrons. The standard InChI is InChI=1S/C25H28F3N3O3/c1-3-30(20-6-4-5-18(2)17-20)23(33)29-14-11-24(12-15-29)13-16-31(22(24)32)19-7-9-21(10-8-19)34-25(26,27)28/h4-10,17H,3,11-16H2,1-2H3. The molecule has 2 aromatic carbocycles. The van der Waals surface area contributed by atoms with Crippen molar-refractivity contribution < 1.29 is 27.5 Å². The molecule has 34 heavy (non-hydrogen) atoms. The van der Waals surface area contributed by atoms with Crippen LogP contribution in [0.1, 0.15) is 31.7 Å². The number of alkyl halides is 3. The number of hydrogen-bond donors (Lipinski definition) is 0. The molecule has 0 atom stereocenters. The first-order valence-corrected chi connectivity index (χ1v) is 11.4. The Morgan fingerprint density at radius 3 is 2.29 bits per heavy atom. The van der Waals surface area contributed by atoms with Crippen LogP contribution in [0.4, 0.5) is 29.3 Å². The van der Waals surface area contributed by atoms with Crippen LogP contribution in [0.2, 0.25) is 0 Å². The smallest absolute Gasteiger partial charge is 0.406 e. The topological polar surface area (TPSA) is 53.1 Å². The second-order valence-electron chi connectivity index (χ2n) is 8.88. The highest BCUT2D eigenvalue weighted by Crippen LogP contribution is 2.43. The van der Waals surface area contributed by atoms with Gasteiger partial charge in [0.1, 0.15) is 5.75 Å². The van der Waals surface area contributed by atoms with Gasteiger partial charge in [0.15, 0.2) is 0 Å². The lowest BCUT2D eigenvalue weighted by Crippen LogP contribution is -2.51. The molecule has 3 amide bonds. The number of urea groups is 1. The van der Waals surface area contributed by atoms with E-state index in [1.807, 2.05) is 38.1 Å². The molecule has 2 saturated heterocycles. The number of rotatable bonds is 4. The van der Waals surface area contributed by atoms with Crippen LogP contribution in [-0.4, -0.2) is 49.4 Å². The van der Waals surface area contributed by atoms with Gasteiger partial charge in [0.2, 0.25) is 5.91 Å². The largest absolute Gasteiger partial charge is 0.573 e. The van der Waals surface area contributed by atoms with Gasteiger partial charge in [0.05, 0.1) is 5.41 Å². The van der Waals surface area contributed by atoms with E-state index in [9.17, 15) is 22.8 Å². The van der Waals surface area contributed by atoms with E-state index in [2.05, 4.69) is 4.74 Å². The molecule has 4 rings (SSSR count). The van der Waals surface area contributed by atoms with Crippen LogP contribution in [-0.2, 0) is 4.79 Å². The molecule has 2 aliphatic rings. The highest BCUT2D eigenvalue weighted by molar-refractivity contribution is 6.00. The van der Waals surface area contributed by atoms with Crippen LogP contribution in [0.25, 0.3) is 0 Å². The molecule has 0 aliphatic carbocycles. The SMILES string of the molecule is CCN(C(=O)N1CCC2(CC1)CCN(c1ccc(OC(F)(F)F)cc1)C2=O)c1cccc(C)c1. The third kappa shape index (κ3) is 4.83. The number of anilines is 2. The van der Waals surface area contributed by atoms with Crippen LogP contribution in [0.5, 0.6) is 5.75 Å². The first-order chi connectivity index (χ1) is 16.1. The van der Waals surface area contributed by atoms with Gasteiger partial charge in [-0.25, -0.2) is 4.79 Å². The van der Waals surface area contributed by atoms with Crippen molar-refractivity contribution in [3.8, 4) is 5.75 Å². The minimum atomic E-state index is -4.76. The number of carbonyl (C=O) groups excluding carboxylic acids is 2. The number of nitrogens with zero attached hydrogens (tertiary/aromatic N) is 3. The number of benzene rings is 2. The van der Waals surface area contributed by atoms with Gasteiger partial charge in [0, 0.05) is 37.6 Å². The predicted molar refractivity (Wildman–Crippen MR) is 123 cm³/mol. The molecule has 182 valence electrons. The lowest BCUT2D eigenvalue weighted by Gasteiger charge is -2.39. The highest BCUT2D eigenvalue weighted by Gasteiger charge is 2.49. The first kappa shape index (κ1) is 23.9. The highest BCUT2D eigenvalue weighted by atomic mass is 19.4. The number of piperidine rings is 1. The average molecular weight is 476 g/mol. The van der Waals surface area contributed by atoms with Gasteiger partial charge in [-0.15, -0.1) is 13.2 Å². The fourth-order valence-electron chi connectivity index (χ4n) is 4.88. The number of likely N-dealkylation sites (tertiary alicyclic amines) is 1. The zero-order valence-corrected chi connectivity index (χ0v) is 19.3. The number of amides is 3. The Kier molecular flexibility index (Phi) is 6.47. The predicted octanol–water partition coefficient (Wildman–Crippen LogP) is 5.36. The van der Waals surface area contributed by atoms with Crippen molar-refractivity contribution in [3.05, 3.63) is 54.1 Å². The first-order valence-electron chi connectivity index (χ1n) is 11.4. The molecule has 0 bridgehead atoms. The van der Waals surface area contributed by atoms with Crippen LogP contribution < -0.4 is 14.5 Å². The molecule has 0 aromatic heterocycles. The summed E-state index contributed by atoms with van der Waals surface area (Å²) in [6.07, 6.45) is -2.97. The van der Waals surface area contributed by atoms with Crippen LogP contribution >= 0.6 is 0 Å². The third-order valence-corrected chi connectivity index (χ3v) is 6.75. The Morgan fingerprint density at radius 1 is 1.06 bits per heavy atom. The van der Waals surface area contributed by atoms with E-state index in [0.717, 1.165) is 11.3 Å². The summed E-state index contributed by atoms with van der Waals surface area (Å²) in [5, 5.41) is 0. The summed E-state index contributed by atoms with van der Waals surface area (Å²) in [5.74, 6) is -0.353. The van der Waals surface area contributed by atoms with E-state index in [0.29, 0.717) is 51.1 Å². The Morgan fingerprint density at radius 2 is 1.71 bits per heavy atom. The maximum absolute atomic E-state index is 13.3. The van der Waals surface area contributed by atoms with E-state index in [1.54, 1.807) is 14.7 Å². The summed E-state index contributed by atoms with van der Waals surface area (Å²) in [5.41, 5.74) is 1.94. The van der Waals surface area contributed by atoms with Gasteiger partial charge in [0.25, 0.3) is 0 Å². The van der Waals surface area contributed by atoms with Crippen molar-refractivity contribution in [2.45, 2.75) is 39.5 Å². The van der Waals surface area contributed by atoms with Gasteiger partial charge in [-0.2, -0.15) is 0 Å². The summed E-state index contributed by atoms with van der Waals surface area (Å²) in [6, 6.07) is 13.1. The van der Waals surface area contributed by atoms with E-state index < -0.39 is 11.8 Å². The van der Waals surface area contributed by atoms with Crippen LogP contribution in [0.15, 0.2) is 48.5 Å². The van der Waals surface area contributed by atoms with Gasteiger partial charge < -0.3 is 14.5 Å². The molecule has 2 heterocycles. The minimum absolute atomic E-state index is 0.0323. The molecule has 1 spiro atoms. The Labute approximate surface area is 196 Å². The number of ether oxygens (including phenoxy) is 1. The minimum Gasteiger partial charge on any atom is -0.406 e. The zero-order chi connectivity index (χ0) is 24.5. The second-order valence-corrected chi connectivity index (χ2v) is 8.88. The van der Waals surface area contributed by atoms with Crippen LogP contribution in [0.3, 0.4) is 0 Å². The quantitative estimate of drug-likeness (QED) is 0.598. The average Bonchev–Trinajstić information content (AvgIpc) is 3.10.